The highest BCUT2D eigenvalue weighted by molar-refractivity contribution is 7.13. The maximum atomic E-state index is 10.8. The molecule has 0 atom stereocenters. The number of anilines is 2. The summed E-state index contributed by atoms with van der Waals surface area (Å²) in [5.41, 5.74) is 1.61. The van der Waals surface area contributed by atoms with Gasteiger partial charge in [-0.15, -0.1) is 21.5 Å². The van der Waals surface area contributed by atoms with Crippen LogP contribution >= 0.6 is 11.3 Å². The molecule has 6 nitrogen and oxygen atoms in total. The maximum absolute atomic E-state index is 10.8. The Balaban J connectivity index is 1.76. The van der Waals surface area contributed by atoms with Crippen molar-refractivity contribution in [2.24, 2.45) is 0 Å². The van der Waals surface area contributed by atoms with Gasteiger partial charge in [0.1, 0.15) is 5.69 Å². The van der Waals surface area contributed by atoms with Gasteiger partial charge in [0.15, 0.2) is 5.82 Å². The van der Waals surface area contributed by atoms with Crippen molar-refractivity contribution in [2.75, 3.05) is 5.32 Å². The lowest BCUT2D eigenvalue weighted by molar-refractivity contribution is -0.384. The molecule has 0 fully saturated rings. The van der Waals surface area contributed by atoms with E-state index in [9.17, 15) is 10.1 Å². The number of nitro benzene ring substituents is 1. The molecule has 0 unspecified atom stereocenters. The van der Waals surface area contributed by atoms with Crippen molar-refractivity contribution < 1.29 is 4.92 Å². The Labute approximate surface area is 146 Å². The van der Waals surface area contributed by atoms with E-state index in [-0.39, 0.29) is 5.69 Å². The molecule has 4 aromatic rings. The smallest absolute Gasteiger partial charge is 0.269 e. The molecule has 0 aliphatic carbocycles. The second-order valence-electron chi connectivity index (χ2n) is 5.35. The normalized spacial score (nSPS) is 10.7. The molecule has 0 saturated heterocycles. The molecule has 4 rings (SSSR count). The molecule has 2 heterocycles. The first-order valence-corrected chi connectivity index (χ1v) is 8.41. The van der Waals surface area contributed by atoms with Crippen LogP contribution in [0.1, 0.15) is 0 Å². The van der Waals surface area contributed by atoms with Crippen molar-refractivity contribution in [3.63, 3.8) is 0 Å². The highest BCUT2D eigenvalue weighted by atomic mass is 32.1. The topological polar surface area (TPSA) is 81.0 Å². The van der Waals surface area contributed by atoms with E-state index in [0.717, 1.165) is 21.3 Å². The number of nitrogens with one attached hydrogen (secondary N) is 1. The summed E-state index contributed by atoms with van der Waals surface area (Å²) in [5.74, 6) is 0.616. The van der Waals surface area contributed by atoms with E-state index in [1.54, 1.807) is 23.5 Å². The van der Waals surface area contributed by atoms with E-state index >= 15 is 0 Å². The predicted molar refractivity (Wildman–Crippen MR) is 99.2 cm³/mol. The van der Waals surface area contributed by atoms with Gasteiger partial charge in [0.2, 0.25) is 0 Å². The van der Waals surface area contributed by atoms with E-state index in [0.29, 0.717) is 11.5 Å². The van der Waals surface area contributed by atoms with Crippen molar-refractivity contribution in [1.29, 1.82) is 0 Å². The summed E-state index contributed by atoms with van der Waals surface area (Å²) in [6.45, 7) is 0. The monoisotopic (exact) mass is 348 g/mol. The van der Waals surface area contributed by atoms with Crippen LogP contribution in [0.15, 0.2) is 66.0 Å². The summed E-state index contributed by atoms with van der Waals surface area (Å²) in [6, 6.07) is 18.1. The third-order valence-corrected chi connectivity index (χ3v) is 4.66. The average Bonchev–Trinajstić information content (AvgIpc) is 3.17. The standard InChI is InChI=1S/C18H12N4O2S/c23-22(24)13-9-7-12(8-10-13)19-18-15-5-2-1-4-14(15)17(20-21-18)16-6-3-11-25-16/h1-11H,(H,19,21). The second-order valence-corrected chi connectivity index (χ2v) is 6.30. The van der Waals surface area contributed by atoms with E-state index in [1.807, 2.05) is 41.8 Å². The van der Waals surface area contributed by atoms with Gasteiger partial charge in [-0.2, -0.15) is 0 Å². The number of hydrogen-bond donors (Lipinski definition) is 1. The van der Waals surface area contributed by atoms with Crippen LogP contribution in [-0.4, -0.2) is 15.1 Å². The minimum atomic E-state index is -0.422. The number of nitrogens with zero attached hydrogens (tertiary/aromatic N) is 3. The van der Waals surface area contributed by atoms with Crippen LogP contribution in [0, 0.1) is 10.1 Å². The number of rotatable bonds is 4. The molecule has 0 amide bonds. The summed E-state index contributed by atoms with van der Waals surface area (Å²) in [7, 11) is 0. The molecule has 0 spiro atoms. The van der Waals surface area contributed by atoms with Crippen LogP contribution in [0.25, 0.3) is 21.3 Å². The van der Waals surface area contributed by atoms with Crippen molar-refractivity contribution in [3.8, 4) is 10.6 Å². The minimum Gasteiger partial charge on any atom is -0.338 e. The largest absolute Gasteiger partial charge is 0.338 e. The van der Waals surface area contributed by atoms with Gasteiger partial charge >= 0.3 is 0 Å². The van der Waals surface area contributed by atoms with Gasteiger partial charge in [0, 0.05) is 28.6 Å². The molecule has 0 saturated carbocycles. The summed E-state index contributed by atoms with van der Waals surface area (Å²) in [6.07, 6.45) is 0. The first kappa shape index (κ1) is 15.2. The molecule has 1 N–H and O–H groups in total. The highest BCUT2D eigenvalue weighted by Crippen LogP contribution is 2.33. The lowest BCUT2D eigenvalue weighted by Gasteiger charge is -2.10. The summed E-state index contributed by atoms with van der Waals surface area (Å²) >= 11 is 1.62. The number of thiophene rings is 1. The molecule has 0 aliphatic heterocycles. The second kappa shape index (κ2) is 6.29. The van der Waals surface area contributed by atoms with Crippen LogP contribution in [0.2, 0.25) is 0 Å². The van der Waals surface area contributed by atoms with Gasteiger partial charge in [-0.05, 0) is 23.6 Å². The van der Waals surface area contributed by atoms with Crippen LogP contribution < -0.4 is 5.32 Å². The molecule has 0 bridgehead atoms. The Bertz CT molecular complexity index is 1050. The summed E-state index contributed by atoms with van der Waals surface area (Å²) in [5, 5.41) is 26.6. The van der Waals surface area contributed by atoms with Crippen LogP contribution in [0.5, 0.6) is 0 Å². The first-order valence-electron chi connectivity index (χ1n) is 7.53. The number of non-ortho nitro benzene ring substituents is 1. The van der Waals surface area contributed by atoms with Crippen molar-refractivity contribution in [2.45, 2.75) is 0 Å². The Morgan fingerprint density at radius 3 is 2.36 bits per heavy atom. The zero-order chi connectivity index (χ0) is 17.2. The zero-order valence-corrected chi connectivity index (χ0v) is 13.7. The number of hydrogen-bond acceptors (Lipinski definition) is 6. The molecule has 2 aromatic carbocycles. The fourth-order valence-corrected chi connectivity index (χ4v) is 3.32. The molecule has 122 valence electrons. The molecule has 2 aromatic heterocycles. The van der Waals surface area contributed by atoms with Crippen molar-refractivity contribution >= 4 is 39.3 Å². The third kappa shape index (κ3) is 2.92. The summed E-state index contributed by atoms with van der Waals surface area (Å²) < 4.78 is 0. The SMILES string of the molecule is O=[N+]([O-])c1ccc(Nc2nnc(-c3cccs3)c3ccccc23)cc1. The number of fused-ring (bicyclic) bond motifs is 1. The first-order chi connectivity index (χ1) is 12.2. The van der Waals surface area contributed by atoms with Crippen molar-refractivity contribution in [3.05, 3.63) is 76.2 Å². The zero-order valence-electron chi connectivity index (χ0n) is 12.9. The third-order valence-electron chi connectivity index (χ3n) is 3.78. The Kier molecular flexibility index (Phi) is 3.83. The van der Waals surface area contributed by atoms with Gasteiger partial charge in [-0.3, -0.25) is 10.1 Å². The van der Waals surface area contributed by atoms with Crippen molar-refractivity contribution in [1.82, 2.24) is 10.2 Å². The Morgan fingerprint density at radius 1 is 0.920 bits per heavy atom. The molecule has 25 heavy (non-hydrogen) atoms. The van der Waals surface area contributed by atoms with Crippen LogP contribution in [-0.2, 0) is 0 Å². The lowest BCUT2D eigenvalue weighted by atomic mass is 10.1. The highest BCUT2D eigenvalue weighted by Gasteiger charge is 2.12. The fourth-order valence-electron chi connectivity index (χ4n) is 2.59. The number of nitro groups is 1. The number of benzene rings is 2. The molecule has 0 aliphatic rings. The maximum Gasteiger partial charge on any atom is 0.269 e. The lowest BCUT2D eigenvalue weighted by Crippen LogP contribution is -1.99. The predicted octanol–water partition coefficient (Wildman–Crippen LogP) is 5.01. The van der Waals surface area contributed by atoms with E-state index in [2.05, 4.69) is 15.5 Å². The van der Waals surface area contributed by atoms with E-state index < -0.39 is 4.92 Å². The fraction of sp³-hybridized carbons (Fsp3) is 0. The van der Waals surface area contributed by atoms with E-state index in [1.165, 1.54) is 12.1 Å². The van der Waals surface area contributed by atoms with E-state index in [4.69, 9.17) is 0 Å². The van der Waals surface area contributed by atoms with Crippen LogP contribution in [0.3, 0.4) is 0 Å². The Hall–Kier alpha value is -3.32. The molecule has 7 heteroatoms. The van der Waals surface area contributed by atoms with Gasteiger partial charge in [0.05, 0.1) is 9.80 Å². The molecular weight excluding hydrogens is 336 g/mol. The minimum absolute atomic E-state index is 0.0505. The van der Waals surface area contributed by atoms with Gasteiger partial charge in [-0.25, -0.2) is 0 Å². The van der Waals surface area contributed by atoms with Gasteiger partial charge in [0.25, 0.3) is 5.69 Å². The Morgan fingerprint density at radius 2 is 1.68 bits per heavy atom. The quantitative estimate of drug-likeness (QED) is 0.414. The van der Waals surface area contributed by atoms with Crippen LogP contribution in [0.4, 0.5) is 17.2 Å². The average molecular weight is 348 g/mol. The molecule has 0 radical (unpaired) electrons. The molecular formula is C18H12N4O2S. The van der Waals surface area contributed by atoms with Gasteiger partial charge < -0.3 is 5.32 Å². The summed E-state index contributed by atoms with van der Waals surface area (Å²) in [4.78, 5) is 11.4. The number of aromatic nitrogens is 2. The van der Waals surface area contributed by atoms with Gasteiger partial charge in [-0.1, -0.05) is 30.3 Å².